The second-order valence-corrected chi connectivity index (χ2v) is 2.24. The van der Waals surface area contributed by atoms with Gasteiger partial charge in [0.25, 0.3) is 0 Å². The van der Waals surface area contributed by atoms with Gasteiger partial charge in [-0.15, -0.1) is 0 Å². The number of hydrogen-bond donors (Lipinski definition) is 3. The molecule has 0 aromatic heterocycles. The Morgan fingerprint density at radius 2 is 2.10 bits per heavy atom. The first-order valence-corrected chi connectivity index (χ1v) is 2.87. The molecule has 0 bridgehead atoms. The Hall–Kier alpha value is -1.45. The van der Waals surface area contributed by atoms with Crippen molar-refractivity contribution in [1.82, 2.24) is 5.32 Å². The van der Waals surface area contributed by atoms with Gasteiger partial charge >= 0.3 is 0 Å². The Morgan fingerprint density at radius 1 is 1.40 bits per heavy atom. The SMILES string of the molecule is OC1=C(O)C12C=NC=CN2. The van der Waals surface area contributed by atoms with Crippen molar-refractivity contribution in [3.63, 3.8) is 0 Å². The third-order valence-corrected chi connectivity index (χ3v) is 1.65. The van der Waals surface area contributed by atoms with Crippen LogP contribution in [0.3, 0.4) is 0 Å². The van der Waals surface area contributed by atoms with Crippen LogP contribution in [0.15, 0.2) is 28.9 Å². The van der Waals surface area contributed by atoms with Crippen LogP contribution in [0.25, 0.3) is 0 Å². The second kappa shape index (κ2) is 1.34. The van der Waals surface area contributed by atoms with Crippen molar-refractivity contribution in [2.45, 2.75) is 5.54 Å². The Morgan fingerprint density at radius 3 is 2.40 bits per heavy atom. The summed E-state index contributed by atoms with van der Waals surface area (Å²) in [6.45, 7) is 0. The van der Waals surface area contributed by atoms with Gasteiger partial charge in [-0.3, -0.25) is 4.99 Å². The Balaban J connectivity index is 2.25. The normalized spacial score (nSPS) is 25.2. The van der Waals surface area contributed by atoms with E-state index in [9.17, 15) is 0 Å². The number of nitrogens with zero attached hydrogens (tertiary/aromatic N) is 1. The first kappa shape index (κ1) is 5.34. The molecule has 0 radical (unpaired) electrons. The van der Waals surface area contributed by atoms with Crippen LogP contribution in [-0.2, 0) is 0 Å². The molecule has 1 aliphatic carbocycles. The lowest BCUT2D eigenvalue weighted by atomic mass is 10.2. The van der Waals surface area contributed by atoms with Gasteiger partial charge in [0.15, 0.2) is 17.1 Å². The molecule has 1 heterocycles. The molecule has 52 valence electrons. The summed E-state index contributed by atoms with van der Waals surface area (Å²) in [5.41, 5.74) is -0.839. The van der Waals surface area contributed by atoms with Crippen LogP contribution in [0, 0.1) is 0 Å². The summed E-state index contributed by atoms with van der Waals surface area (Å²) in [6.07, 6.45) is 4.57. The molecule has 1 aliphatic heterocycles. The molecule has 0 unspecified atom stereocenters. The third kappa shape index (κ3) is 0.397. The maximum absolute atomic E-state index is 8.95. The van der Waals surface area contributed by atoms with Crippen molar-refractivity contribution >= 4 is 6.21 Å². The molecular formula is C6H6N2O2. The van der Waals surface area contributed by atoms with Gasteiger partial charge in [0.05, 0.1) is 0 Å². The summed E-state index contributed by atoms with van der Waals surface area (Å²) in [6, 6.07) is 0. The first-order valence-electron chi connectivity index (χ1n) is 2.87. The van der Waals surface area contributed by atoms with Gasteiger partial charge in [-0.05, 0) is 0 Å². The quantitative estimate of drug-likeness (QED) is 0.448. The zero-order valence-corrected chi connectivity index (χ0v) is 5.07. The average molecular weight is 138 g/mol. The van der Waals surface area contributed by atoms with Crippen LogP contribution >= 0.6 is 0 Å². The van der Waals surface area contributed by atoms with E-state index in [1.807, 2.05) is 0 Å². The van der Waals surface area contributed by atoms with E-state index in [4.69, 9.17) is 10.2 Å². The number of rotatable bonds is 0. The van der Waals surface area contributed by atoms with Crippen LogP contribution in [0.1, 0.15) is 0 Å². The largest absolute Gasteiger partial charge is 0.506 e. The standard InChI is InChI=1S/C6H6N2O2/c9-4-5(10)6(4)3-7-1-2-8-6/h1-3,8-10H. The molecule has 2 rings (SSSR count). The summed E-state index contributed by atoms with van der Waals surface area (Å²) in [7, 11) is 0. The van der Waals surface area contributed by atoms with Gasteiger partial charge in [0.2, 0.25) is 0 Å². The molecule has 1 spiro atoms. The summed E-state index contributed by atoms with van der Waals surface area (Å²) in [5.74, 6) is -0.0822. The molecule has 3 N–H and O–H groups in total. The minimum Gasteiger partial charge on any atom is -0.506 e. The van der Waals surface area contributed by atoms with Crippen molar-refractivity contribution < 1.29 is 10.2 Å². The molecule has 0 aromatic rings. The lowest BCUT2D eigenvalue weighted by Crippen LogP contribution is -2.35. The molecule has 0 aromatic carbocycles. The molecule has 0 atom stereocenters. The Labute approximate surface area is 57.2 Å². The number of aliphatic imine (C=N–C) groups is 1. The molecule has 2 aliphatic rings. The highest BCUT2D eigenvalue weighted by molar-refractivity contribution is 5.88. The van der Waals surface area contributed by atoms with Gasteiger partial charge in [-0.2, -0.15) is 0 Å². The average Bonchev–Trinajstić information content (AvgIpc) is 2.45. The van der Waals surface area contributed by atoms with Crippen molar-refractivity contribution in [2.24, 2.45) is 4.99 Å². The van der Waals surface area contributed by atoms with Crippen molar-refractivity contribution in [3.8, 4) is 0 Å². The highest BCUT2D eigenvalue weighted by atomic mass is 16.3. The third-order valence-electron chi connectivity index (χ3n) is 1.65. The topological polar surface area (TPSA) is 64.8 Å². The Kier molecular flexibility index (Phi) is 0.716. The van der Waals surface area contributed by atoms with Crippen LogP contribution in [0.5, 0.6) is 0 Å². The van der Waals surface area contributed by atoms with Gasteiger partial charge in [0.1, 0.15) is 0 Å². The number of hydrogen-bond acceptors (Lipinski definition) is 4. The van der Waals surface area contributed by atoms with E-state index in [0.29, 0.717) is 0 Å². The maximum atomic E-state index is 8.95. The van der Waals surface area contributed by atoms with Crippen LogP contribution < -0.4 is 5.32 Å². The van der Waals surface area contributed by atoms with E-state index in [1.54, 1.807) is 12.4 Å². The minimum atomic E-state index is -0.839. The monoisotopic (exact) mass is 138 g/mol. The van der Waals surface area contributed by atoms with Gasteiger partial charge < -0.3 is 15.5 Å². The van der Waals surface area contributed by atoms with Gasteiger partial charge in [-0.25, -0.2) is 0 Å². The first-order chi connectivity index (χ1) is 4.77. The zero-order chi connectivity index (χ0) is 7.19. The van der Waals surface area contributed by atoms with Crippen LogP contribution in [0.2, 0.25) is 0 Å². The number of aliphatic hydroxyl groups is 2. The summed E-state index contributed by atoms with van der Waals surface area (Å²) < 4.78 is 0. The smallest absolute Gasteiger partial charge is 0.195 e. The van der Waals surface area contributed by atoms with Gasteiger partial charge in [-0.1, -0.05) is 0 Å². The summed E-state index contributed by atoms with van der Waals surface area (Å²) in [5, 5.41) is 20.7. The molecule has 0 fully saturated rings. The van der Waals surface area contributed by atoms with Crippen molar-refractivity contribution in [2.75, 3.05) is 0 Å². The fraction of sp³-hybridized carbons (Fsp3) is 0.167. The number of aliphatic hydroxyl groups excluding tert-OH is 2. The predicted molar refractivity (Wildman–Crippen MR) is 35.8 cm³/mol. The van der Waals surface area contributed by atoms with Crippen molar-refractivity contribution in [1.29, 1.82) is 0 Å². The van der Waals surface area contributed by atoms with E-state index in [0.717, 1.165) is 0 Å². The van der Waals surface area contributed by atoms with Crippen LogP contribution in [0.4, 0.5) is 0 Å². The van der Waals surface area contributed by atoms with Crippen molar-refractivity contribution in [3.05, 3.63) is 23.9 Å². The molecule has 0 saturated carbocycles. The lowest BCUT2D eigenvalue weighted by Gasteiger charge is -2.12. The second-order valence-electron chi connectivity index (χ2n) is 2.24. The zero-order valence-electron chi connectivity index (χ0n) is 5.07. The molecule has 0 saturated heterocycles. The fourth-order valence-electron chi connectivity index (χ4n) is 0.932. The van der Waals surface area contributed by atoms with Crippen LogP contribution in [-0.4, -0.2) is 22.0 Å². The maximum Gasteiger partial charge on any atom is 0.195 e. The van der Waals surface area contributed by atoms with E-state index in [2.05, 4.69) is 10.3 Å². The molecule has 4 nitrogen and oxygen atoms in total. The molecule has 10 heavy (non-hydrogen) atoms. The fourth-order valence-corrected chi connectivity index (χ4v) is 0.932. The van der Waals surface area contributed by atoms with E-state index < -0.39 is 5.54 Å². The summed E-state index contributed by atoms with van der Waals surface area (Å²) >= 11 is 0. The molecule has 4 heteroatoms. The lowest BCUT2D eigenvalue weighted by molar-refractivity contribution is 0.403. The van der Waals surface area contributed by atoms with E-state index in [-0.39, 0.29) is 11.5 Å². The molecule has 0 amide bonds. The minimum absolute atomic E-state index is 0.0411. The number of nitrogens with one attached hydrogen (secondary N) is 1. The predicted octanol–water partition coefficient (Wildman–Crippen LogP) is 0.212. The highest BCUT2D eigenvalue weighted by Crippen LogP contribution is 2.38. The Bertz CT molecular complexity index is 253. The van der Waals surface area contributed by atoms with E-state index >= 15 is 0 Å². The van der Waals surface area contributed by atoms with E-state index in [1.165, 1.54) is 6.21 Å². The summed E-state index contributed by atoms with van der Waals surface area (Å²) in [4.78, 5) is 3.76. The molecular weight excluding hydrogens is 132 g/mol. The highest BCUT2D eigenvalue weighted by Gasteiger charge is 2.55. The van der Waals surface area contributed by atoms with Gasteiger partial charge in [0, 0.05) is 18.6 Å².